The maximum absolute atomic E-state index is 4.58. The molecule has 1 saturated carbocycles. The fourth-order valence-corrected chi connectivity index (χ4v) is 2.22. The highest BCUT2D eigenvalue weighted by atomic mass is 32.1. The zero-order valence-corrected chi connectivity index (χ0v) is 9.74. The van der Waals surface area contributed by atoms with Crippen molar-refractivity contribution in [3.63, 3.8) is 0 Å². The first kappa shape index (κ1) is 11.7. The smallest absolute Gasteiger partial charge is 0.0585 e. The van der Waals surface area contributed by atoms with Crippen molar-refractivity contribution in [1.29, 1.82) is 0 Å². The largest absolute Gasteiger partial charge is 0.232 e. The van der Waals surface area contributed by atoms with E-state index in [2.05, 4.69) is 44.7 Å². The van der Waals surface area contributed by atoms with Gasteiger partial charge in [-0.25, -0.2) is 9.98 Å². The molecule has 0 radical (unpaired) electrons. The Bertz CT molecular complexity index is 237. The summed E-state index contributed by atoms with van der Waals surface area (Å²) in [5.74, 6) is 1.23. The van der Waals surface area contributed by atoms with Crippen molar-refractivity contribution in [1.82, 2.24) is 0 Å². The van der Waals surface area contributed by atoms with Gasteiger partial charge in [0.2, 0.25) is 0 Å². The van der Waals surface area contributed by atoms with Gasteiger partial charge in [0.05, 0.1) is 23.4 Å². The van der Waals surface area contributed by atoms with Gasteiger partial charge in [-0.05, 0) is 49.1 Å². The summed E-state index contributed by atoms with van der Waals surface area (Å²) in [5, 5.41) is 4.87. The van der Waals surface area contributed by atoms with E-state index in [9.17, 15) is 0 Å². The summed E-state index contributed by atoms with van der Waals surface area (Å²) in [5.41, 5.74) is 0. The lowest BCUT2D eigenvalue weighted by Crippen LogP contribution is -2.24. The summed E-state index contributed by atoms with van der Waals surface area (Å²) in [6.45, 7) is 1.61. The Hall–Kier alpha value is -0.400. The zero-order valence-electron chi connectivity index (χ0n) is 8.11. The fraction of sp³-hybridized carbons (Fsp3) is 0.800. The van der Waals surface area contributed by atoms with Crippen molar-refractivity contribution in [2.45, 2.75) is 25.7 Å². The summed E-state index contributed by atoms with van der Waals surface area (Å²) < 4.78 is 0. The number of rotatable bonds is 4. The van der Waals surface area contributed by atoms with E-state index < -0.39 is 0 Å². The van der Waals surface area contributed by atoms with E-state index in [-0.39, 0.29) is 0 Å². The van der Waals surface area contributed by atoms with Crippen LogP contribution in [0.3, 0.4) is 0 Å². The van der Waals surface area contributed by atoms with Crippen molar-refractivity contribution in [2.24, 2.45) is 21.8 Å². The van der Waals surface area contributed by atoms with Gasteiger partial charge in [0.1, 0.15) is 0 Å². The Morgan fingerprint density at radius 3 is 1.71 bits per heavy atom. The van der Waals surface area contributed by atoms with Gasteiger partial charge in [-0.3, -0.25) is 0 Å². The van der Waals surface area contributed by atoms with Gasteiger partial charge in [0.15, 0.2) is 0 Å². The molecule has 0 amide bonds. The first-order valence-corrected chi connectivity index (χ1v) is 5.77. The quantitative estimate of drug-likeness (QED) is 0.544. The highest BCUT2D eigenvalue weighted by Gasteiger charge is 2.24. The number of aliphatic imine (C=N–C) groups is 2. The van der Waals surface area contributed by atoms with Gasteiger partial charge in [-0.1, -0.05) is 12.8 Å². The van der Waals surface area contributed by atoms with Crippen molar-refractivity contribution >= 4 is 34.8 Å². The maximum atomic E-state index is 4.58. The molecule has 1 aliphatic carbocycles. The van der Waals surface area contributed by atoms with Crippen molar-refractivity contribution in [3.8, 4) is 0 Å². The summed E-state index contributed by atoms with van der Waals surface area (Å²) in [6.07, 6.45) is 5.07. The molecule has 0 saturated heterocycles. The second kappa shape index (κ2) is 6.97. The molecule has 0 aliphatic heterocycles. The molecule has 0 spiro atoms. The number of isothiocyanates is 2. The van der Waals surface area contributed by atoms with Gasteiger partial charge >= 0.3 is 0 Å². The predicted molar refractivity (Wildman–Crippen MR) is 65.2 cm³/mol. The average molecular weight is 226 g/mol. The minimum absolute atomic E-state index is 0.617. The zero-order chi connectivity index (χ0) is 10.2. The summed E-state index contributed by atoms with van der Waals surface area (Å²) in [4.78, 5) is 8.06. The number of hydrogen-bond donors (Lipinski definition) is 0. The van der Waals surface area contributed by atoms with Crippen LogP contribution < -0.4 is 0 Å². The molecule has 2 unspecified atom stereocenters. The van der Waals surface area contributed by atoms with E-state index in [1.165, 1.54) is 25.7 Å². The Morgan fingerprint density at radius 2 is 1.36 bits per heavy atom. The Morgan fingerprint density at radius 1 is 0.929 bits per heavy atom. The minimum Gasteiger partial charge on any atom is -0.232 e. The molecule has 0 N–H and O–H groups in total. The van der Waals surface area contributed by atoms with Gasteiger partial charge in [-0.2, -0.15) is 0 Å². The lowest BCUT2D eigenvalue weighted by molar-refractivity contribution is 0.252. The van der Waals surface area contributed by atoms with Gasteiger partial charge in [0.25, 0.3) is 0 Å². The Labute approximate surface area is 95.5 Å². The molecule has 2 nitrogen and oxygen atoms in total. The monoisotopic (exact) mass is 226 g/mol. The number of thiocarbonyl (C=S) groups is 2. The second-order valence-electron chi connectivity index (χ2n) is 3.67. The molecule has 1 fully saturated rings. The molecule has 0 heterocycles. The minimum atomic E-state index is 0.617. The third-order valence-corrected chi connectivity index (χ3v) is 3.11. The number of hydrogen-bond acceptors (Lipinski definition) is 4. The Balaban J connectivity index is 2.48. The maximum Gasteiger partial charge on any atom is 0.0585 e. The van der Waals surface area contributed by atoms with Crippen LogP contribution in [0.25, 0.3) is 0 Å². The average Bonchev–Trinajstić information content (AvgIpc) is 2.24. The van der Waals surface area contributed by atoms with E-state index in [4.69, 9.17) is 0 Å². The van der Waals surface area contributed by atoms with E-state index in [1.54, 1.807) is 0 Å². The summed E-state index contributed by atoms with van der Waals surface area (Å²) in [7, 11) is 0. The second-order valence-corrected chi connectivity index (χ2v) is 4.03. The molecular formula is C10H14N2S2. The molecular weight excluding hydrogens is 212 g/mol. The van der Waals surface area contributed by atoms with E-state index >= 15 is 0 Å². The van der Waals surface area contributed by atoms with E-state index in [0.717, 1.165) is 13.1 Å². The highest BCUT2D eigenvalue weighted by Crippen LogP contribution is 2.30. The molecule has 1 aliphatic rings. The van der Waals surface area contributed by atoms with E-state index in [1.807, 2.05) is 0 Å². The third kappa shape index (κ3) is 3.77. The first-order chi connectivity index (χ1) is 6.88. The molecule has 76 valence electrons. The van der Waals surface area contributed by atoms with Crippen LogP contribution in [0.4, 0.5) is 0 Å². The van der Waals surface area contributed by atoms with Crippen LogP contribution in [0.5, 0.6) is 0 Å². The van der Waals surface area contributed by atoms with Gasteiger partial charge < -0.3 is 0 Å². The van der Waals surface area contributed by atoms with Crippen molar-refractivity contribution in [3.05, 3.63) is 0 Å². The van der Waals surface area contributed by atoms with Gasteiger partial charge in [-0.15, -0.1) is 0 Å². The van der Waals surface area contributed by atoms with Crippen LogP contribution in [0.15, 0.2) is 9.98 Å². The van der Waals surface area contributed by atoms with Crippen LogP contribution in [-0.2, 0) is 0 Å². The van der Waals surface area contributed by atoms with Crippen molar-refractivity contribution in [2.75, 3.05) is 13.1 Å². The molecule has 0 aromatic carbocycles. The van der Waals surface area contributed by atoms with Crippen LogP contribution in [0.2, 0.25) is 0 Å². The standard InChI is InChI=1S/C10H14N2S2/c13-7-11-5-9-3-1-2-4-10(9)6-12-8-14/h9-10H,1-6H2. The topological polar surface area (TPSA) is 24.7 Å². The molecule has 0 aromatic rings. The van der Waals surface area contributed by atoms with Gasteiger partial charge in [0, 0.05) is 0 Å². The molecule has 1 rings (SSSR count). The van der Waals surface area contributed by atoms with E-state index in [0.29, 0.717) is 11.8 Å². The predicted octanol–water partition coefficient (Wildman–Crippen LogP) is 3.00. The van der Waals surface area contributed by atoms with Crippen LogP contribution in [0.1, 0.15) is 25.7 Å². The lowest BCUT2D eigenvalue weighted by Gasteiger charge is -2.28. The number of nitrogens with zero attached hydrogens (tertiary/aromatic N) is 2. The molecule has 14 heavy (non-hydrogen) atoms. The SMILES string of the molecule is S=C=NCC1CCCCC1CN=C=S. The first-order valence-electron chi connectivity index (χ1n) is 4.95. The summed E-state index contributed by atoms with van der Waals surface area (Å²) in [6, 6.07) is 0. The molecule has 0 aromatic heterocycles. The third-order valence-electron chi connectivity index (χ3n) is 2.85. The van der Waals surface area contributed by atoms with Crippen LogP contribution in [-0.4, -0.2) is 23.4 Å². The molecule has 2 atom stereocenters. The molecule has 4 heteroatoms. The van der Waals surface area contributed by atoms with Crippen LogP contribution in [0, 0.1) is 11.8 Å². The van der Waals surface area contributed by atoms with Crippen molar-refractivity contribution < 1.29 is 0 Å². The van der Waals surface area contributed by atoms with Crippen LogP contribution >= 0.6 is 24.4 Å². The normalized spacial score (nSPS) is 26.0. The molecule has 0 bridgehead atoms. The lowest BCUT2D eigenvalue weighted by atomic mass is 9.79. The fourth-order valence-electron chi connectivity index (χ4n) is 2.07. The highest BCUT2D eigenvalue weighted by molar-refractivity contribution is 7.78. The summed E-state index contributed by atoms with van der Waals surface area (Å²) >= 11 is 9.15. The Kier molecular flexibility index (Phi) is 5.81.